The number of nitrogens with one attached hydrogen (secondary N) is 2. The first-order valence-electron chi connectivity index (χ1n) is 13.3. The molecule has 6 rings (SSSR count). The van der Waals surface area contributed by atoms with Crippen molar-refractivity contribution in [2.75, 3.05) is 50.0 Å². The Kier molecular flexibility index (Phi) is 7.35. The van der Waals surface area contributed by atoms with Crippen molar-refractivity contribution in [2.45, 2.75) is 31.7 Å². The summed E-state index contributed by atoms with van der Waals surface area (Å²) in [6.45, 7) is 4.75. The molecule has 2 N–H and O–H groups in total. The Morgan fingerprint density at radius 3 is 2.47 bits per heavy atom. The number of piperazine rings is 1. The van der Waals surface area contributed by atoms with Gasteiger partial charge in [0.2, 0.25) is 11.0 Å². The molecule has 0 bridgehead atoms. The lowest BCUT2D eigenvalue weighted by atomic mass is 10.1. The summed E-state index contributed by atoms with van der Waals surface area (Å²) < 4.78 is 6.02. The predicted octanol–water partition coefficient (Wildman–Crippen LogP) is 3.96. The van der Waals surface area contributed by atoms with E-state index in [4.69, 9.17) is 4.74 Å². The van der Waals surface area contributed by atoms with E-state index in [2.05, 4.69) is 30.6 Å². The molecule has 198 valence electrons. The summed E-state index contributed by atoms with van der Waals surface area (Å²) in [5, 5.41) is 15.3. The van der Waals surface area contributed by atoms with Crippen LogP contribution in [0.5, 0.6) is 5.75 Å². The molecule has 0 unspecified atom stereocenters. The number of aromatic nitrogens is 2. The monoisotopic (exact) mass is 532 g/mol. The van der Waals surface area contributed by atoms with Gasteiger partial charge in [0.15, 0.2) is 0 Å². The fourth-order valence-electron chi connectivity index (χ4n) is 4.65. The van der Waals surface area contributed by atoms with Gasteiger partial charge in [0.05, 0.1) is 18.8 Å². The number of anilines is 2. The van der Waals surface area contributed by atoms with Gasteiger partial charge < -0.3 is 10.1 Å². The lowest BCUT2D eigenvalue weighted by Crippen LogP contribution is -2.49. The van der Waals surface area contributed by atoms with Crippen molar-refractivity contribution in [3.63, 3.8) is 0 Å². The molecule has 38 heavy (non-hydrogen) atoms. The number of hydrogen-bond donors (Lipinski definition) is 2. The Morgan fingerprint density at radius 1 is 0.947 bits per heavy atom. The second-order valence-electron chi connectivity index (χ2n) is 10.3. The Bertz CT molecular complexity index is 1280. The minimum atomic E-state index is -0.318. The fraction of sp³-hybridized carbons (Fsp3) is 0.429. The second kappa shape index (κ2) is 11.2. The molecule has 3 aliphatic rings. The quantitative estimate of drug-likeness (QED) is 0.408. The number of amides is 2. The van der Waals surface area contributed by atoms with E-state index >= 15 is 0 Å². The molecule has 2 aliphatic carbocycles. The molecule has 3 aromatic rings. The van der Waals surface area contributed by atoms with E-state index in [1.54, 1.807) is 18.2 Å². The third kappa shape index (κ3) is 6.38. The Hall–Kier alpha value is -3.34. The average molecular weight is 533 g/mol. The Balaban J connectivity index is 1.11. The number of ether oxygens (including phenoxy) is 1. The third-order valence-electron chi connectivity index (χ3n) is 7.19. The van der Waals surface area contributed by atoms with E-state index in [9.17, 15) is 9.59 Å². The number of benzene rings is 2. The molecule has 2 heterocycles. The maximum Gasteiger partial charge on any atom is 0.257 e. The van der Waals surface area contributed by atoms with Crippen LogP contribution in [0.2, 0.25) is 0 Å². The van der Waals surface area contributed by atoms with Gasteiger partial charge in [-0.3, -0.25) is 24.7 Å². The highest BCUT2D eigenvalue weighted by atomic mass is 32.1. The molecule has 1 aromatic heterocycles. The maximum atomic E-state index is 13.1. The molecule has 3 fully saturated rings. The Labute approximate surface area is 226 Å². The zero-order chi connectivity index (χ0) is 25.9. The lowest BCUT2D eigenvalue weighted by molar-refractivity contribution is -0.117. The van der Waals surface area contributed by atoms with Crippen LogP contribution in [-0.2, 0) is 4.79 Å². The first-order chi connectivity index (χ1) is 18.6. The minimum Gasteiger partial charge on any atom is -0.491 e. The zero-order valence-corrected chi connectivity index (χ0v) is 22.1. The van der Waals surface area contributed by atoms with Crippen molar-refractivity contribution < 1.29 is 14.3 Å². The summed E-state index contributed by atoms with van der Waals surface area (Å²) in [6, 6.07) is 15.6. The van der Waals surface area contributed by atoms with Crippen molar-refractivity contribution in [3.05, 3.63) is 54.1 Å². The summed E-state index contributed by atoms with van der Waals surface area (Å²) in [5.41, 5.74) is 1.87. The SMILES string of the molecule is O=C(CN1CCN(C2CC2)CC1)Nc1cc(C(=O)Nc2nnc(-c3ccccc3)s2)ccc1OCC1CC1. The zero-order valence-electron chi connectivity index (χ0n) is 21.3. The molecule has 2 amide bonds. The van der Waals surface area contributed by atoms with E-state index in [0.29, 0.717) is 41.2 Å². The van der Waals surface area contributed by atoms with Gasteiger partial charge in [-0.1, -0.05) is 41.7 Å². The van der Waals surface area contributed by atoms with Gasteiger partial charge in [0.1, 0.15) is 10.8 Å². The van der Waals surface area contributed by atoms with Crippen LogP contribution >= 0.6 is 11.3 Å². The summed E-state index contributed by atoms with van der Waals surface area (Å²) in [7, 11) is 0. The van der Waals surface area contributed by atoms with E-state index in [-0.39, 0.29) is 11.8 Å². The number of carbonyl (C=O) groups excluding carboxylic acids is 2. The first kappa shape index (κ1) is 25.0. The van der Waals surface area contributed by atoms with E-state index in [1.807, 2.05) is 30.3 Å². The summed E-state index contributed by atoms with van der Waals surface area (Å²) in [4.78, 5) is 30.8. The molecule has 10 heteroatoms. The van der Waals surface area contributed by atoms with Crippen LogP contribution < -0.4 is 15.4 Å². The molecule has 0 spiro atoms. The highest BCUT2D eigenvalue weighted by molar-refractivity contribution is 7.18. The van der Waals surface area contributed by atoms with Crippen LogP contribution in [0.1, 0.15) is 36.0 Å². The van der Waals surface area contributed by atoms with Crippen LogP contribution in [0.4, 0.5) is 10.8 Å². The standard InChI is InChI=1S/C28H32N6O3S/c35-25(17-33-12-14-34(15-13-33)22-9-10-22)29-23-16-21(8-11-24(23)37-18-19-6-7-19)26(36)30-28-32-31-27(38-28)20-4-2-1-3-5-20/h1-5,8,11,16,19,22H,6-7,9-10,12-15,17-18H2,(H,29,35)(H,30,32,36). The number of hydrogen-bond acceptors (Lipinski definition) is 8. The van der Waals surface area contributed by atoms with Gasteiger partial charge in [-0.2, -0.15) is 0 Å². The summed E-state index contributed by atoms with van der Waals surface area (Å²) >= 11 is 1.31. The average Bonchev–Trinajstić information content (AvgIpc) is 3.88. The van der Waals surface area contributed by atoms with Crippen LogP contribution in [0.25, 0.3) is 10.6 Å². The van der Waals surface area contributed by atoms with Crippen LogP contribution in [0, 0.1) is 5.92 Å². The molecule has 1 aliphatic heterocycles. The molecule has 2 saturated carbocycles. The van der Waals surface area contributed by atoms with Crippen LogP contribution in [0.15, 0.2) is 48.5 Å². The van der Waals surface area contributed by atoms with Crippen molar-refractivity contribution in [1.29, 1.82) is 0 Å². The Morgan fingerprint density at radius 2 is 1.74 bits per heavy atom. The number of rotatable bonds is 10. The summed E-state index contributed by atoms with van der Waals surface area (Å²) in [5.74, 6) is 0.736. The smallest absolute Gasteiger partial charge is 0.257 e. The van der Waals surface area contributed by atoms with E-state index in [0.717, 1.165) is 42.8 Å². The van der Waals surface area contributed by atoms with Gasteiger partial charge in [-0.25, -0.2) is 0 Å². The predicted molar refractivity (Wildman–Crippen MR) is 148 cm³/mol. The molecule has 0 atom stereocenters. The van der Waals surface area contributed by atoms with E-state index in [1.165, 1.54) is 37.0 Å². The normalized spacial score (nSPS) is 18.2. The molecule has 9 nitrogen and oxygen atoms in total. The highest BCUT2D eigenvalue weighted by Crippen LogP contribution is 2.33. The summed E-state index contributed by atoms with van der Waals surface area (Å²) in [6.07, 6.45) is 4.95. The van der Waals surface area contributed by atoms with Gasteiger partial charge in [-0.05, 0) is 49.8 Å². The lowest BCUT2D eigenvalue weighted by Gasteiger charge is -2.34. The largest absolute Gasteiger partial charge is 0.491 e. The van der Waals surface area contributed by atoms with Crippen molar-refractivity contribution in [3.8, 4) is 16.3 Å². The van der Waals surface area contributed by atoms with Gasteiger partial charge in [0, 0.05) is 43.3 Å². The topological polar surface area (TPSA) is 99.7 Å². The van der Waals surface area contributed by atoms with Crippen LogP contribution in [-0.4, -0.2) is 77.2 Å². The first-order valence-corrected chi connectivity index (χ1v) is 14.2. The van der Waals surface area contributed by atoms with Crippen molar-refractivity contribution in [2.24, 2.45) is 5.92 Å². The van der Waals surface area contributed by atoms with Crippen molar-refractivity contribution in [1.82, 2.24) is 20.0 Å². The molecule has 0 radical (unpaired) electrons. The fourth-order valence-corrected chi connectivity index (χ4v) is 5.39. The molecule has 2 aromatic carbocycles. The van der Waals surface area contributed by atoms with Crippen LogP contribution in [0.3, 0.4) is 0 Å². The van der Waals surface area contributed by atoms with Crippen molar-refractivity contribution >= 4 is 34.0 Å². The maximum absolute atomic E-state index is 13.1. The van der Waals surface area contributed by atoms with Gasteiger partial charge in [0.25, 0.3) is 5.91 Å². The highest BCUT2D eigenvalue weighted by Gasteiger charge is 2.31. The number of nitrogens with zero attached hydrogens (tertiary/aromatic N) is 4. The number of carbonyl (C=O) groups is 2. The molecule has 1 saturated heterocycles. The second-order valence-corrected chi connectivity index (χ2v) is 11.3. The van der Waals surface area contributed by atoms with E-state index < -0.39 is 0 Å². The molecular weight excluding hydrogens is 500 g/mol. The van der Waals surface area contributed by atoms with Gasteiger partial charge >= 0.3 is 0 Å². The third-order valence-corrected chi connectivity index (χ3v) is 8.08. The van der Waals surface area contributed by atoms with Gasteiger partial charge in [-0.15, -0.1) is 10.2 Å². The minimum absolute atomic E-state index is 0.102. The molecular formula is C28H32N6O3S.